The molecular weight excluding hydrogens is 298 g/mol. The van der Waals surface area contributed by atoms with Crippen molar-refractivity contribution in [2.24, 2.45) is 0 Å². The van der Waals surface area contributed by atoms with Gasteiger partial charge in [-0.1, -0.05) is 18.7 Å². The lowest BCUT2D eigenvalue weighted by Gasteiger charge is -2.24. The van der Waals surface area contributed by atoms with Crippen LogP contribution in [-0.2, 0) is 4.79 Å². The normalized spacial score (nSPS) is 10.9. The lowest BCUT2D eigenvalue weighted by atomic mass is 10.0. The van der Waals surface area contributed by atoms with Gasteiger partial charge in [-0.15, -0.1) is 0 Å². The number of amides is 1. The third-order valence-electron chi connectivity index (χ3n) is 3.38. The molecule has 0 aromatic carbocycles. The molecule has 1 heterocycles. The standard InChI is InChI=1S/C16H21N3O2S/c1-6-16(4,5)19-14(21)9-22-15-12(8-17)7-13(11(3)20)10(2)18-15/h7H,6,9H2,1-5H3,(H,19,21). The van der Waals surface area contributed by atoms with Crippen molar-refractivity contribution in [3.63, 3.8) is 0 Å². The first-order chi connectivity index (χ1) is 10.2. The van der Waals surface area contributed by atoms with Crippen LogP contribution >= 0.6 is 11.8 Å². The zero-order valence-electron chi connectivity index (χ0n) is 13.6. The second-order valence-electron chi connectivity index (χ2n) is 5.72. The van der Waals surface area contributed by atoms with E-state index in [0.717, 1.165) is 6.42 Å². The van der Waals surface area contributed by atoms with Gasteiger partial charge in [0, 0.05) is 16.8 Å². The van der Waals surface area contributed by atoms with E-state index in [1.54, 1.807) is 13.0 Å². The van der Waals surface area contributed by atoms with Crippen LogP contribution in [0.4, 0.5) is 0 Å². The predicted molar refractivity (Wildman–Crippen MR) is 86.9 cm³/mol. The Bertz CT molecular complexity index is 633. The Morgan fingerprint density at radius 3 is 2.59 bits per heavy atom. The molecule has 1 N–H and O–H groups in total. The van der Waals surface area contributed by atoms with Crippen LogP contribution in [0.5, 0.6) is 0 Å². The molecule has 0 saturated carbocycles. The van der Waals surface area contributed by atoms with Crippen molar-refractivity contribution < 1.29 is 9.59 Å². The van der Waals surface area contributed by atoms with Crippen molar-refractivity contribution in [2.75, 3.05) is 5.75 Å². The van der Waals surface area contributed by atoms with Gasteiger partial charge in [-0.05, 0) is 40.2 Å². The number of nitrogens with one attached hydrogen (secondary N) is 1. The van der Waals surface area contributed by atoms with Crippen molar-refractivity contribution in [1.29, 1.82) is 5.26 Å². The largest absolute Gasteiger partial charge is 0.351 e. The molecule has 1 aromatic heterocycles. The fourth-order valence-electron chi connectivity index (χ4n) is 1.77. The molecule has 118 valence electrons. The molecule has 22 heavy (non-hydrogen) atoms. The summed E-state index contributed by atoms with van der Waals surface area (Å²) in [5, 5.41) is 12.6. The number of ketones is 1. The molecule has 0 aliphatic carbocycles. The highest BCUT2D eigenvalue weighted by atomic mass is 32.2. The molecule has 0 fully saturated rings. The van der Waals surface area contributed by atoms with E-state index in [0.29, 0.717) is 21.8 Å². The topological polar surface area (TPSA) is 82.8 Å². The van der Waals surface area contributed by atoms with E-state index in [1.165, 1.54) is 18.7 Å². The van der Waals surface area contributed by atoms with Crippen molar-refractivity contribution in [3.05, 3.63) is 22.9 Å². The van der Waals surface area contributed by atoms with E-state index in [4.69, 9.17) is 0 Å². The average Bonchev–Trinajstić information content (AvgIpc) is 2.44. The maximum Gasteiger partial charge on any atom is 0.230 e. The minimum absolute atomic E-state index is 0.101. The van der Waals surface area contributed by atoms with E-state index in [2.05, 4.69) is 10.3 Å². The third-order valence-corrected chi connectivity index (χ3v) is 4.37. The number of pyridine rings is 1. The molecule has 0 atom stereocenters. The summed E-state index contributed by atoms with van der Waals surface area (Å²) in [5.74, 6) is -0.0411. The van der Waals surface area contributed by atoms with Gasteiger partial charge in [-0.3, -0.25) is 9.59 Å². The third kappa shape index (κ3) is 4.85. The maximum absolute atomic E-state index is 12.0. The molecule has 6 heteroatoms. The number of aryl methyl sites for hydroxylation is 1. The van der Waals surface area contributed by atoms with Gasteiger partial charge in [0.15, 0.2) is 5.78 Å². The van der Waals surface area contributed by atoms with Gasteiger partial charge in [0.2, 0.25) is 5.91 Å². The molecular formula is C16H21N3O2S. The van der Waals surface area contributed by atoms with E-state index < -0.39 is 0 Å². The first-order valence-electron chi connectivity index (χ1n) is 7.06. The van der Waals surface area contributed by atoms with Gasteiger partial charge >= 0.3 is 0 Å². The van der Waals surface area contributed by atoms with Crippen LogP contribution in [-0.4, -0.2) is 28.0 Å². The maximum atomic E-state index is 12.0. The summed E-state index contributed by atoms with van der Waals surface area (Å²) in [6.45, 7) is 9.09. The van der Waals surface area contributed by atoms with Crippen LogP contribution in [0.25, 0.3) is 0 Å². The Balaban J connectivity index is 2.87. The summed E-state index contributed by atoms with van der Waals surface area (Å²) in [4.78, 5) is 27.7. The number of rotatable bonds is 6. The number of hydrogen-bond acceptors (Lipinski definition) is 5. The molecule has 0 bridgehead atoms. The SMILES string of the molecule is CCC(C)(C)NC(=O)CSc1nc(C)c(C(C)=O)cc1C#N. The number of nitriles is 1. The van der Waals surface area contributed by atoms with Crippen LogP contribution < -0.4 is 5.32 Å². The highest BCUT2D eigenvalue weighted by Crippen LogP contribution is 2.23. The van der Waals surface area contributed by atoms with Crippen LogP contribution in [0.2, 0.25) is 0 Å². The molecule has 0 spiro atoms. The number of nitrogens with zero attached hydrogens (tertiary/aromatic N) is 2. The minimum Gasteiger partial charge on any atom is -0.351 e. The van der Waals surface area contributed by atoms with Crippen LogP contribution in [0.15, 0.2) is 11.1 Å². The fraction of sp³-hybridized carbons (Fsp3) is 0.500. The van der Waals surface area contributed by atoms with Gasteiger partial charge in [-0.2, -0.15) is 5.26 Å². The van der Waals surface area contributed by atoms with Gasteiger partial charge in [0.05, 0.1) is 11.3 Å². The van der Waals surface area contributed by atoms with Gasteiger partial charge in [-0.25, -0.2) is 4.98 Å². The van der Waals surface area contributed by atoms with Crippen LogP contribution in [0.3, 0.4) is 0 Å². The molecule has 5 nitrogen and oxygen atoms in total. The minimum atomic E-state index is -0.252. The number of thioether (sulfide) groups is 1. The molecule has 1 rings (SSSR count). The van der Waals surface area contributed by atoms with Crippen molar-refractivity contribution in [2.45, 2.75) is 51.6 Å². The predicted octanol–water partition coefficient (Wildman–Crippen LogP) is 2.86. The number of carbonyl (C=O) groups is 2. The Kier molecular flexibility index (Phi) is 6.12. The highest BCUT2D eigenvalue weighted by molar-refractivity contribution is 8.00. The number of hydrogen-bond donors (Lipinski definition) is 1. The summed E-state index contributed by atoms with van der Waals surface area (Å²) in [6, 6.07) is 3.58. The molecule has 0 aliphatic heterocycles. The Labute approximate surface area is 135 Å². The second kappa shape index (κ2) is 7.41. The van der Waals surface area contributed by atoms with E-state index in [1.807, 2.05) is 26.8 Å². The molecule has 0 aliphatic rings. The lowest BCUT2D eigenvalue weighted by molar-refractivity contribution is -0.120. The van der Waals surface area contributed by atoms with Crippen LogP contribution in [0.1, 0.15) is 55.7 Å². The quantitative estimate of drug-likeness (QED) is 0.644. The Morgan fingerprint density at radius 2 is 2.09 bits per heavy atom. The van der Waals surface area contributed by atoms with Gasteiger partial charge < -0.3 is 5.32 Å². The van der Waals surface area contributed by atoms with Crippen LogP contribution in [0, 0.1) is 18.3 Å². The van der Waals surface area contributed by atoms with Gasteiger partial charge in [0.25, 0.3) is 0 Å². The summed E-state index contributed by atoms with van der Waals surface area (Å²) in [7, 11) is 0. The number of Topliss-reactive ketones (excluding diaryl/α,β-unsaturated/α-hetero) is 1. The zero-order valence-corrected chi connectivity index (χ0v) is 14.4. The van der Waals surface area contributed by atoms with Crippen molar-refractivity contribution in [1.82, 2.24) is 10.3 Å². The van der Waals surface area contributed by atoms with E-state index in [9.17, 15) is 14.9 Å². The first kappa shape index (κ1) is 18.2. The number of aromatic nitrogens is 1. The van der Waals surface area contributed by atoms with Gasteiger partial charge in [0.1, 0.15) is 11.1 Å². The summed E-state index contributed by atoms with van der Waals surface area (Å²) in [6.07, 6.45) is 0.831. The lowest BCUT2D eigenvalue weighted by Crippen LogP contribution is -2.43. The molecule has 0 saturated heterocycles. The first-order valence-corrected chi connectivity index (χ1v) is 8.05. The van der Waals surface area contributed by atoms with Crippen molar-refractivity contribution in [3.8, 4) is 6.07 Å². The smallest absolute Gasteiger partial charge is 0.230 e. The zero-order chi connectivity index (χ0) is 16.9. The van der Waals surface area contributed by atoms with E-state index >= 15 is 0 Å². The second-order valence-corrected chi connectivity index (χ2v) is 6.68. The molecule has 1 aromatic rings. The van der Waals surface area contributed by atoms with E-state index in [-0.39, 0.29) is 23.0 Å². The summed E-state index contributed by atoms with van der Waals surface area (Å²) >= 11 is 1.21. The monoisotopic (exact) mass is 319 g/mol. The Morgan fingerprint density at radius 1 is 1.45 bits per heavy atom. The highest BCUT2D eigenvalue weighted by Gasteiger charge is 2.19. The molecule has 1 amide bonds. The summed E-state index contributed by atoms with van der Waals surface area (Å²) in [5.41, 5.74) is 1.08. The molecule has 0 radical (unpaired) electrons. The number of carbonyl (C=O) groups excluding carboxylic acids is 2. The van der Waals surface area contributed by atoms with Crippen molar-refractivity contribution >= 4 is 23.5 Å². The molecule has 0 unspecified atom stereocenters. The average molecular weight is 319 g/mol. The fourth-order valence-corrected chi connectivity index (χ4v) is 2.57. The Hall–Kier alpha value is -1.87. The summed E-state index contributed by atoms with van der Waals surface area (Å²) < 4.78 is 0.